The minimum atomic E-state index is -0.586. The van der Waals surface area contributed by atoms with Gasteiger partial charge in [0.15, 0.2) is 0 Å². The van der Waals surface area contributed by atoms with Crippen LogP contribution in [0.15, 0.2) is 17.5 Å². The molecule has 1 aromatic heterocycles. The van der Waals surface area contributed by atoms with E-state index in [4.69, 9.17) is 5.11 Å². The molecule has 5 nitrogen and oxygen atoms in total. The zero-order valence-electron chi connectivity index (χ0n) is 8.90. The number of aliphatic hydroxyl groups is 1. The summed E-state index contributed by atoms with van der Waals surface area (Å²) in [5.41, 5.74) is 0. The molecule has 0 aliphatic carbocycles. The average molecular weight is 242 g/mol. The van der Waals surface area contributed by atoms with Crippen molar-refractivity contribution in [1.82, 2.24) is 10.6 Å². The van der Waals surface area contributed by atoms with Gasteiger partial charge in [0.05, 0.1) is 17.5 Å². The molecule has 0 saturated heterocycles. The highest BCUT2D eigenvalue weighted by molar-refractivity contribution is 7.12. The minimum absolute atomic E-state index is 0.0799. The normalized spacial score (nSPS) is 11.9. The van der Waals surface area contributed by atoms with Gasteiger partial charge in [0.1, 0.15) is 0 Å². The number of aliphatic hydroxyl groups excluding tert-OH is 1. The van der Waals surface area contributed by atoms with Gasteiger partial charge in [0.2, 0.25) is 5.91 Å². The minimum Gasteiger partial charge on any atom is -0.392 e. The summed E-state index contributed by atoms with van der Waals surface area (Å²) in [5, 5.41) is 15.7. The first-order valence-corrected chi connectivity index (χ1v) is 5.74. The number of carbonyl (C=O) groups is 2. The van der Waals surface area contributed by atoms with Crippen molar-refractivity contribution < 1.29 is 14.7 Å². The highest BCUT2D eigenvalue weighted by Crippen LogP contribution is 2.07. The maximum atomic E-state index is 11.4. The molecule has 0 saturated carbocycles. The molecular formula is C10H14N2O3S. The molecule has 16 heavy (non-hydrogen) atoms. The lowest BCUT2D eigenvalue weighted by Gasteiger charge is -2.07. The van der Waals surface area contributed by atoms with Gasteiger partial charge in [-0.1, -0.05) is 6.07 Å². The maximum Gasteiger partial charge on any atom is 0.261 e. The van der Waals surface area contributed by atoms with Crippen LogP contribution in [0.4, 0.5) is 0 Å². The highest BCUT2D eigenvalue weighted by Gasteiger charge is 2.08. The van der Waals surface area contributed by atoms with E-state index in [0.717, 1.165) is 0 Å². The molecule has 0 aliphatic rings. The molecular weight excluding hydrogens is 228 g/mol. The van der Waals surface area contributed by atoms with Gasteiger partial charge in [-0.2, -0.15) is 0 Å². The molecule has 1 atom stereocenters. The van der Waals surface area contributed by atoms with Gasteiger partial charge in [-0.05, 0) is 18.4 Å². The van der Waals surface area contributed by atoms with Crippen molar-refractivity contribution in [3.63, 3.8) is 0 Å². The first-order valence-electron chi connectivity index (χ1n) is 4.86. The van der Waals surface area contributed by atoms with Crippen molar-refractivity contribution in [2.75, 3.05) is 13.1 Å². The zero-order valence-corrected chi connectivity index (χ0v) is 9.71. The van der Waals surface area contributed by atoms with E-state index in [2.05, 4.69) is 10.6 Å². The molecule has 1 rings (SSSR count). The molecule has 0 radical (unpaired) electrons. The number of hydrogen-bond acceptors (Lipinski definition) is 4. The predicted molar refractivity (Wildman–Crippen MR) is 61.3 cm³/mol. The average Bonchev–Trinajstić information content (AvgIpc) is 2.76. The second kappa shape index (κ2) is 6.24. The van der Waals surface area contributed by atoms with E-state index >= 15 is 0 Å². The van der Waals surface area contributed by atoms with E-state index in [-0.39, 0.29) is 24.9 Å². The molecule has 3 N–H and O–H groups in total. The number of amides is 2. The Kier molecular flexibility index (Phi) is 4.94. The van der Waals surface area contributed by atoms with Gasteiger partial charge in [0, 0.05) is 6.54 Å². The summed E-state index contributed by atoms with van der Waals surface area (Å²) in [4.78, 5) is 23.2. The molecule has 0 bridgehead atoms. The Hall–Kier alpha value is -1.40. The van der Waals surface area contributed by atoms with Crippen LogP contribution < -0.4 is 10.6 Å². The fourth-order valence-corrected chi connectivity index (χ4v) is 1.62. The van der Waals surface area contributed by atoms with Crippen molar-refractivity contribution in [3.05, 3.63) is 22.4 Å². The molecule has 0 fully saturated rings. The van der Waals surface area contributed by atoms with Gasteiger partial charge >= 0.3 is 0 Å². The third kappa shape index (κ3) is 4.41. The van der Waals surface area contributed by atoms with E-state index in [1.165, 1.54) is 11.3 Å². The van der Waals surface area contributed by atoms with Crippen molar-refractivity contribution in [2.24, 2.45) is 0 Å². The number of rotatable bonds is 5. The topological polar surface area (TPSA) is 78.4 Å². The number of thiophene rings is 1. The summed E-state index contributed by atoms with van der Waals surface area (Å²) < 4.78 is 0. The van der Waals surface area contributed by atoms with Crippen molar-refractivity contribution in [3.8, 4) is 0 Å². The van der Waals surface area contributed by atoms with Crippen LogP contribution in [0.2, 0.25) is 0 Å². The van der Waals surface area contributed by atoms with E-state index in [1.54, 1.807) is 24.4 Å². The third-order valence-electron chi connectivity index (χ3n) is 1.75. The molecule has 0 aromatic carbocycles. The molecule has 88 valence electrons. The van der Waals surface area contributed by atoms with Crippen LogP contribution in [-0.2, 0) is 4.79 Å². The van der Waals surface area contributed by atoms with Crippen LogP contribution in [0.3, 0.4) is 0 Å². The first kappa shape index (κ1) is 12.7. The zero-order chi connectivity index (χ0) is 12.0. The smallest absolute Gasteiger partial charge is 0.261 e. The Bertz CT molecular complexity index is 349. The largest absolute Gasteiger partial charge is 0.392 e. The third-order valence-corrected chi connectivity index (χ3v) is 2.62. The number of nitrogens with one attached hydrogen (secondary N) is 2. The van der Waals surface area contributed by atoms with E-state index in [0.29, 0.717) is 4.88 Å². The predicted octanol–water partition coefficient (Wildman–Crippen LogP) is -0.0251. The van der Waals surface area contributed by atoms with Gasteiger partial charge in [-0.25, -0.2) is 0 Å². The Morgan fingerprint density at radius 2 is 2.25 bits per heavy atom. The Balaban J connectivity index is 2.24. The van der Waals surface area contributed by atoms with E-state index in [1.807, 2.05) is 0 Å². The highest BCUT2D eigenvalue weighted by atomic mass is 32.1. The lowest BCUT2D eigenvalue weighted by Crippen LogP contribution is -2.39. The fourth-order valence-electron chi connectivity index (χ4n) is 0.979. The van der Waals surface area contributed by atoms with Crippen molar-refractivity contribution >= 4 is 23.2 Å². The molecule has 1 aromatic rings. The molecule has 0 spiro atoms. The lowest BCUT2D eigenvalue weighted by molar-refractivity contribution is -0.120. The molecule has 2 amide bonds. The standard InChI is InChI=1S/C10H14N2O3S/c1-7(13)5-11-9(14)6-12-10(15)8-3-2-4-16-8/h2-4,7,13H,5-6H2,1H3,(H,11,14)(H,12,15)/t7-/m0/s1. The fraction of sp³-hybridized carbons (Fsp3) is 0.400. The summed E-state index contributed by atoms with van der Waals surface area (Å²) in [6.45, 7) is 1.68. The first-order chi connectivity index (χ1) is 7.59. The van der Waals surface area contributed by atoms with Crippen molar-refractivity contribution in [2.45, 2.75) is 13.0 Å². The molecule has 6 heteroatoms. The molecule has 0 unspecified atom stereocenters. The Labute approximate surface area is 97.5 Å². The number of carbonyl (C=O) groups excluding carboxylic acids is 2. The van der Waals surface area contributed by atoms with Gasteiger partial charge < -0.3 is 15.7 Å². The SMILES string of the molecule is C[C@H](O)CNC(=O)CNC(=O)c1cccs1. The van der Waals surface area contributed by atoms with Crippen LogP contribution in [0.5, 0.6) is 0 Å². The molecule has 1 heterocycles. The summed E-state index contributed by atoms with van der Waals surface area (Å²) in [5.74, 6) is -0.576. The monoisotopic (exact) mass is 242 g/mol. The van der Waals surface area contributed by atoms with Gasteiger partial charge in [0.25, 0.3) is 5.91 Å². The van der Waals surface area contributed by atoms with Crippen molar-refractivity contribution in [1.29, 1.82) is 0 Å². The Morgan fingerprint density at radius 3 is 2.81 bits per heavy atom. The van der Waals surface area contributed by atoms with Crippen LogP contribution in [0, 0.1) is 0 Å². The van der Waals surface area contributed by atoms with Gasteiger partial charge in [-0.3, -0.25) is 9.59 Å². The van der Waals surface area contributed by atoms with Crippen LogP contribution >= 0.6 is 11.3 Å². The summed E-state index contributed by atoms with van der Waals surface area (Å²) in [6, 6.07) is 3.46. The van der Waals surface area contributed by atoms with Crippen LogP contribution in [-0.4, -0.2) is 36.1 Å². The maximum absolute atomic E-state index is 11.4. The summed E-state index contributed by atoms with van der Waals surface area (Å²) in [6.07, 6.45) is -0.586. The molecule has 0 aliphatic heterocycles. The summed E-state index contributed by atoms with van der Waals surface area (Å²) in [7, 11) is 0. The van der Waals surface area contributed by atoms with Gasteiger partial charge in [-0.15, -0.1) is 11.3 Å². The quantitative estimate of drug-likeness (QED) is 0.678. The summed E-state index contributed by atoms with van der Waals surface area (Å²) >= 11 is 1.32. The number of hydrogen-bond donors (Lipinski definition) is 3. The van der Waals surface area contributed by atoms with E-state index < -0.39 is 6.10 Å². The van der Waals surface area contributed by atoms with Crippen LogP contribution in [0.1, 0.15) is 16.6 Å². The second-order valence-corrected chi connectivity index (χ2v) is 4.26. The Morgan fingerprint density at radius 1 is 1.50 bits per heavy atom. The van der Waals surface area contributed by atoms with Crippen LogP contribution in [0.25, 0.3) is 0 Å². The second-order valence-electron chi connectivity index (χ2n) is 3.31. The van der Waals surface area contributed by atoms with E-state index in [9.17, 15) is 9.59 Å². The lowest BCUT2D eigenvalue weighted by atomic mass is 10.4.